The van der Waals surface area contributed by atoms with Crippen molar-refractivity contribution in [3.8, 4) is 22.8 Å². The summed E-state index contributed by atoms with van der Waals surface area (Å²) in [5, 5.41) is 5.98. The summed E-state index contributed by atoms with van der Waals surface area (Å²) in [5.74, 6) is -0.653. The molecule has 0 unspecified atom stereocenters. The minimum Gasteiger partial charge on any atom is -0.496 e. The number of ether oxygens (including phenoxy) is 3. The van der Waals surface area contributed by atoms with Gasteiger partial charge in [-0.1, -0.05) is 75.8 Å². The molecule has 8 rings (SSSR count). The van der Waals surface area contributed by atoms with Crippen molar-refractivity contribution in [2.75, 3.05) is 20.3 Å². The summed E-state index contributed by atoms with van der Waals surface area (Å²) in [6, 6.07) is 13.6. The number of pyridine rings is 1. The number of nitrogens with one attached hydrogen (secondary N) is 3. The van der Waals surface area contributed by atoms with Crippen LogP contribution >= 0.6 is 0 Å². The van der Waals surface area contributed by atoms with Gasteiger partial charge in [0.1, 0.15) is 35.2 Å². The molecule has 5 bridgehead atoms. The van der Waals surface area contributed by atoms with Crippen molar-refractivity contribution in [3.63, 3.8) is 0 Å². The molecule has 0 radical (unpaired) electrons. The maximum Gasteiger partial charge on any atom is 0.407 e. The monoisotopic (exact) mass is 843 g/mol. The fourth-order valence-corrected chi connectivity index (χ4v) is 10.6. The number of carbonyl (C=O) groups is 4. The fourth-order valence-electron chi connectivity index (χ4n) is 9.23. The van der Waals surface area contributed by atoms with Gasteiger partial charge in [-0.2, -0.15) is 0 Å². The van der Waals surface area contributed by atoms with E-state index in [0.717, 1.165) is 67.9 Å². The lowest BCUT2D eigenvalue weighted by Gasteiger charge is -2.30. The zero-order valence-corrected chi connectivity index (χ0v) is 35.4. The fraction of sp³-hybridized carbons (Fsp3) is 0.578. The molecular formula is C45H57N5O9S. The lowest BCUT2D eigenvalue weighted by atomic mass is 9.99. The Bertz CT molecular complexity index is 2220. The van der Waals surface area contributed by atoms with Crippen LogP contribution in [-0.4, -0.2) is 91.4 Å². The normalized spacial score (nSPS) is 28.3. The van der Waals surface area contributed by atoms with Gasteiger partial charge in [-0.3, -0.25) is 19.1 Å². The zero-order valence-electron chi connectivity index (χ0n) is 34.6. The molecule has 15 heteroatoms. The first-order chi connectivity index (χ1) is 28.9. The Kier molecular flexibility index (Phi) is 12.3. The molecule has 2 aliphatic carbocycles. The number of rotatable bonds is 5. The van der Waals surface area contributed by atoms with Crippen molar-refractivity contribution in [1.82, 2.24) is 25.2 Å². The molecule has 3 aliphatic heterocycles. The predicted octanol–water partition coefficient (Wildman–Crippen LogP) is 5.94. The molecule has 4 fully saturated rings. The summed E-state index contributed by atoms with van der Waals surface area (Å²) < 4.78 is 46.7. The smallest absolute Gasteiger partial charge is 0.407 e. The third-order valence-electron chi connectivity index (χ3n) is 13.0. The van der Waals surface area contributed by atoms with Crippen molar-refractivity contribution >= 4 is 44.7 Å². The Morgan fingerprint density at radius 3 is 2.47 bits per heavy atom. The molecular weight excluding hydrogens is 787 g/mol. The second-order valence-corrected chi connectivity index (χ2v) is 19.5. The van der Waals surface area contributed by atoms with Crippen molar-refractivity contribution in [3.05, 3.63) is 54.1 Å². The maximum atomic E-state index is 14.8. The van der Waals surface area contributed by atoms with Gasteiger partial charge in [0, 0.05) is 29.5 Å². The average molecular weight is 844 g/mol. The van der Waals surface area contributed by atoms with Gasteiger partial charge in [-0.25, -0.2) is 18.2 Å². The molecule has 4 heterocycles. The van der Waals surface area contributed by atoms with Gasteiger partial charge < -0.3 is 29.7 Å². The number of aromatic nitrogens is 1. The first kappa shape index (κ1) is 41.8. The standard InChI is InChI=1S/C45H57N5O9S/c1-28-13-11-12-16-30-21-34-37(24-39(30)57-2)46-36(29-14-7-6-8-15-29)23-40(34)59-32-22-38-41(51)48-45(43(53)49-60(55,56)33-19-20-33)25-31(45)17-9-4-3-5-10-18-35(42(52)50(38)26-32)47-44(54)58-27-28/h6-8,14-15,21,23-24,28,31-33,35,38H,3-5,9-13,16-20,22,25-27H2,1-2H3,(H,47,54)(H,48,51)(H,49,53)/t28-,31-,32+,35-,38-,45+/m0/s1. The van der Waals surface area contributed by atoms with Crippen LogP contribution in [0.4, 0.5) is 4.79 Å². The summed E-state index contributed by atoms with van der Waals surface area (Å²) >= 11 is 0. The molecule has 6 atom stereocenters. The second-order valence-electron chi connectivity index (χ2n) is 17.6. The number of cyclic esters (lactones) is 1. The number of methoxy groups -OCH3 is 1. The summed E-state index contributed by atoms with van der Waals surface area (Å²) in [5.41, 5.74) is 1.80. The van der Waals surface area contributed by atoms with Crippen LogP contribution in [0.25, 0.3) is 22.2 Å². The Morgan fingerprint density at radius 2 is 1.70 bits per heavy atom. The first-order valence-electron chi connectivity index (χ1n) is 21.8. The lowest BCUT2D eigenvalue weighted by Crippen LogP contribution is -2.58. The zero-order chi connectivity index (χ0) is 42.0. The first-order valence-corrected chi connectivity index (χ1v) is 23.3. The predicted molar refractivity (Wildman–Crippen MR) is 225 cm³/mol. The van der Waals surface area contributed by atoms with Crippen molar-refractivity contribution in [1.29, 1.82) is 0 Å². The van der Waals surface area contributed by atoms with E-state index in [1.54, 1.807) is 7.11 Å². The molecule has 2 aromatic carbocycles. The summed E-state index contributed by atoms with van der Waals surface area (Å²) in [4.78, 5) is 63.2. The molecule has 3 N–H and O–H groups in total. The maximum absolute atomic E-state index is 14.8. The van der Waals surface area contributed by atoms with E-state index >= 15 is 0 Å². The highest BCUT2D eigenvalue weighted by atomic mass is 32.2. The molecule has 14 nitrogen and oxygen atoms in total. The Morgan fingerprint density at radius 1 is 0.950 bits per heavy atom. The highest BCUT2D eigenvalue weighted by Crippen LogP contribution is 2.48. The second kappa shape index (κ2) is 17.6. The third-order valence-corrected chi connectivity index (χ3v) is 14.8. The van der Waals surface area contributed by atoms with Crippen LogP contribution in [0, 0.1) is 11.8 Å². The summed E-state index contributed by atoms with van der Waals surface area (Å²) in [7, 11) is -2.23. The van der Waals surface area contributed by atoms with Crippen molar-refractivity contribution in [2.45, 2.75) is 132 Å². The SMILES string of the molecule is COc1cc2nc(-c3ccccc3)cc3c2cc1CCCC[C@H](C)COC(=O)N[C@H]1CCCCCCC[C@H]2C[C@@]2(C(=O)NS(=O)(=O)C2CC2)NC(=O)[C@@H]2C[C@H](CN2C1=O)O3. The largest absolute Gasteiger partial charge is 0.496 e. The molecule has 4 amide bonds. The van der Waals surface area contributed by atoms with Gasteiger partial charge >= 0.3 is 6.09 Å². The average Bonchev–Trinajstić information content (AvgIpc) is 4.17. The van der Waals surface area contributed by atoms with Crippen LogP contribution in [0.5, 0.6) is 11.5 Å². The van der Waals surface area contributed by atoms with Crippen LogP contribution in [0.15, 0.2) is 48.5 Å². The number of aryl methyl sites for hydroxylation is 1. The van der Waals surface area contributed by atoms with Crippen molar-refractivity contribution < 1.29 is 41.8 Å². The molecule has 3 aromatic rings. The highest BCUT2D eigenvalue weighted by Gasteiger charge is 2.62. The minimum atomic E-state index is -3.88. The number of carbonyl (C=O) groups excluding carboxylic acids is 4. The van der Waals surface area contributed by atoms with E-state index in [1.165, 1.54) is 4.90 Å². The number of nitrogens with zero attached hydrogens (tertiary/aromatic N) is 2. The third kappa shape index (κ3) is 9.20. The van der Waals surface area contributed by atoms with Gasteiger partial charge in [-0.05, 0) is 74.8 Å². The van der Waals surface area contributed by atoms with Gasteiger partial charge in [0.15, 0.2) is 0 Å². The number of amides is 4. The molecule has 322 valence electrons. The number of fused-ring (bicyclic) bond motifs is 4. The van der Waals surface area contributed by atoms with E-state index in [0.29, 0.717) is 61.2 Å². The summed E-state index contributed by atoms with van der Waals surface area (Å²) in [6.07, 6.45) is 8.43. The van der Waals surface area contributed by atoms with Gasteiger partial charge in [0.05, 0.1) is 36.7 Å². The Balaban J connectivity index is 1.18. The highest BCUT2D eigenvalue weighted by molar-refractivity contribution is 7.91. The number of sulfonamides is 1. The molecule has 60 heavy (non-hydrogen) atoms. The van der Waals surface area contributed by atoms with E-state index in [4.69, 9.17) is 19.2 Å². The lowest BCUT2D eigenvalue weighted by molar-refractivity contribution is -0.141. The molecule has 0 spiro atoms. The van der Waals surface area contributed by atoms with E-state index in [-0.39, 0.29) is 31.4 Å². The van der Waals surface area contributed by atoms with Crippen LogP contribution in [0.1, 0.15) is 102 Å². The van der Waals surface area contributed by atoms with Gasteiger partial charge in [0.2, 0.25) is 21.8 Å². The number of hydrogen-bond acceptors (Lipinski definition) is 10. The Labute approximate surface area is 351 Å². The molecule has 2 saturated carbocycles. The van der Waals surface area contributed by atoms with Crippen molar-refractivity contribution in [2.24, 2.45) is 11.8 Å². The van der Waals surface area contributed by atoms with E-state index < -0.39 is 62.8 Å². The number of benzene rings is 2. The topological polar surface area (TPSA) is 182 Å². The minimum absolute atomic E-state index is 0.0212. The van der Waals surface area contributed by atoms with E-state index in [1.807, 2.05) is 49.4 Å². The Hall–Kier alpha value is -4.92. The van der Waals surface area contributed by atoms with Gasteiger partial charge in [-0.15, -0.1) is 0 Å². The van der Waals surface area contributed by atoms with Crippen LogP contribution in [0.2, 0.25) is 0 Å². The van der Waals surface area contributed by atoms with Crippen LogP contribution in [-0.2, 0) is 35.6 Å². The number of hydrogen-bond donors (Lipinski definition) is 3. The quantitative estimate of drug-likeness (QED) is 0.278. The number of alkyl carbamates (subject to hydrolysis) is 1. The molecule has 2 saturated heterocycles. The van der Waals surface area contributed by atoms with Crippen LogP contribution < -0.4 is 24.8 Å². The van der Waals surface area contributed by atoms with E-state index in [9.17, 15) is 27.6 Å². The van der Waals surface area contributed by atoms with Gasteiger partial charge in [0.25, 0.3) is 5.91 Å². The van der Waals surface area contributed by atoms with E-state index in [2.05, 4.69) is 21.4 Å². The molecule has 1 aromatic heterocycles. The molecule has 5 aliphatic rings. The van der Waals surface area contributed by atoms with Crippen LogP contribution in [0.3, 0.4) is 0 Å². The summed E-state index contributed by atoms with van der Waals surface area (Å²) in [6.45, 7) is 2.25.